The van der Waals surface area contributed by atoms with E-state index in [9.17, 15) is 4.39 Å². The van der Waals surface area contributed by atoms with Crippen molar-refractivity contribution in [2.45, 2.75) is 12.8 Å². The molecule has 0 aromatic heterocycles. The smallest absolute Gasteiger partial charge is 0.237 e. The lowest BCUT2D eigenvalue weighted by Gasteiger charge is -2.28. The fourth-order valence-corrected chi connectivity index (χ4v) is 2.36. The van der Waals surface area contributed by atoms with Crippen LogP contribution in [0.1, 0.15) is 12.8 Å². The number of hydrogen-bond donors (Lipinski definition) is 1. The largest absolute Gasteiger partial charge is 0.488 e. The second kappa shape index (κ2) is 8.11. The van der Waals surface area contributed by atoms with E-state index in [1.54, 1.807) is 18.2 Å². The van der Waals surface area contributed by atoms with Gasteiger partial charge in [0.15, 0.2) is 11.6 Å². The first-order valence-corrected chi connectivity index (χ1v) is 7.37. The highest BCUT2D eigenvalue weighted by Gasteiger charge is 2.19. The van der Waals surface area contributed by atoms with Gasteiger partial charge in [-0.25, -0.2) is 4.39 Å². The van der Waals surface area contributed by atoms with Crippen molar-refractivity contribution >= 4 is 11.4 Å². The van der Waals surface area contributed by atoms with Crippen LogP contribution in [0.25, 0.3) is 0 Å². The van der Waals surface area contributed by atoms with E-state index in [1.807, 2.05) is 0 Å². The zero-order valence-corrected chi connectivity index (χ0v) is 12.9. The van der Waals surface area contributed by atoms with Gasteiger partial charge in [0.05, 0.1) is 6.61 Å². The molecule has 1 heterocycles. The molecule has 1 fully saturated rings. The van der Waals surface area contributed by atoms with Crippen LogP contribution in [-0.2, 0) is 0 Å². The quantitative estimate of drug-likeness (QED) is 0.666. The summed E-state index contributed by atoms with van der Waals surface area (Å²) in [5.74, 6) is -0.0602. The Labute approximate surface area is 134 Å². The van der Waals surface area contributed by atoms with Crippen LogP contribution in [0.15, 0.2) is 23.3 Å². The molecule has 2 rings (SSSR count). The maximum absolute atomic E-state index is 14.0. The van der Waals surface area contributed by atoms with Crippen molar-refractivity contribution in [2.75, 3.05) is 32.2 Å². The number of hydrogen-bond acceptors (Lipinski definition) is 6. The van der Waals surface area contributed by atoms with E-state index in [-0.39, 0.29) is 11.5 Å². The van der Waals surface area contributed by atoms with Gasteiger partial charge in [0.25, 0.3) is 0 Å². The fourth-order valence-electron chi connectivity index (χ4n) is 2.36. The number of para-hydroxylation sites is 1. The number of nitriles is 2. The maximum atomic E-state index is 14.0. The van der Waals surface area contributed by atoms with Crippen LogP contribution in [0, 0.1) is 34.4 Å². The van der Waals surface area contributed by atoms with E-state index >= 15 is 0 Å². The normalized spacial score (nSPS) is 15.3. The van der Waals surface area contributed by atoms with Crippen molar-refractivity contribution in [3.05, 3.63) is 24.0 Å². The molecule has 1 saturated heterocycles. The molecule has 0 spiro atoms. The summed E-state index contributed by atoms with van der Waals surface area (Å²) in [5.41, 5.74) is 2.48. The zero-order chi connectivity index (χ0) is 16.7. The molecule has 0 saturated carbocycles. The average molecular weight is 315 g/mol. The summed E-state index contributed by atoms with van der Waals surface area (Å²) in [4.78, 5) is 2.26. The number of hydrazone groups is 1. The highest BCUT2D eigenvalue weighted by molar-refractivity contribution is 6.10. The first-order chi connectivity index (χ1) is 11.1. The molecule has 6 nitrogen and oxygen atoms in total. The summed E-state index contributed by atoms with van der Waals surface area (Å²) in [6, 6.07) is 7.66. The Bertz CT molecular complexity index is 637. The number of ether oxygens (including phenoxy) is 1. The van der Waals surface area contributed by atoms with Gasteiger partial charge in [-0.15, -0.1) is 0 Å². The fraction of sp³-hybridized carbons (Fsp3) is 0.438. The summed E-state index contributed by atoms with van der Waals surface area (Å²) in [5, 5.41) is 21.0. The molecule has 1 N–H and O–H groups in total. The minimum absolute atomic E-state index is 0.0606. The van der Waals surface area contributed by atoms with Gasteiger partial charge in [-0.2, -0.15) is 15.6 Å². The number of nitrogens with zero attached hydrogens (tertiary/aromatic N) is 4. The number of likely N-dealkylation sites (tertiary alicyclic amines) is 1. The minimum Gasteiger partial charge on any atom is -0.488 e. The monoisotopic (exact) mass is 315 g/mol. The van der Waals surface area contributed by atoms with Gasteiger partial charge in [-0.3, -0.25) is 5.43 Å². The van der Waals surface area contributed by atoms with Crippen LogP contribution in [0.4, 0.5) is 10.1 Å². The molecule has 0 aliphatic carbocycles. The summed E-state index contributed by atoms with van der Waals surface area (Å²) in [6.07, 6.45) is 2.03. The van der Waals surface area contributed by atoms with Gasteiger partial charge in [0, 0.05) is 0 Å². The van der Waals surface area contributed by atoms with Gasteiger partial charge >= 0.3 is 0 Å². The minimum atomic E-state index is -0.506. The molecular weight excluding hydrogens is 297 g/mol. The number of benzene rings is 1. The highest BCUT2D eigenvalue weighted by Crippen LogP contribution is 2.29. The van der Waals surface area contributed by atoms with Crippen molar-refractivity contribution in [3.8, 4) is 17.9 Å². The Morgan fingerprint density at radius 3 is 2.74 bits per heavy atom. The van der Waals surface area contributed by atoms with Crippen molar-refractivity contribution in [1.29, 1.82) is 10.5 Å². The van der Waals surface area contributed by atoms with Gasteiger partial charge in [0.2, 0.25) is 5.71 Å². The topological polar surface area (TPSA) is 84.4 Å². The molecule has 1 aromatic carbocycles. The van der Waals surface area contributed by atoms with Crippen molar-refractivity contribution in [1.82, 2.24) is 4.90 Å². The maximum Gasteiger partial charge on any atom is 0.237 e. The molecule has 1 aliphatic heterocycles. The summed E-state index contributed by atoms with van der Waals surface area (Å²) in [7, 11) is 2.08. The second-order valence-corrected chi connectivity index (χ2v) is 5.47. The van der Waals surface area contributed by atoms with Gasteiger partial charge in [0.1, 0.15) is 17.8 Å². The molecule has 0 amide bonds. The molecule has 23 heavy (non-hydrogen) atoms. The Morgan fingerprint density at radius 1 is 1.39 bits per heavy atom. The summed E-state index contributed by atoms with van der Waals surface area (Å²) >= 11 is 0. The number of halogens is 1. The van der Waals surface area contributed by atoms with Crippen molar-refractivity contribution in [3.63, 3.8) is 0 Å². The zero-order valence-electron chi connectivity index (χ0n) is 12.9. The van der Waals surface area contributed by atoms with E-state index in [2.05, 4.69) is 22.5 Å². The molecule has 7 heteroatoms. The number of nitrogens with one attached hydrogen (secondary N) is 1. The predicted molar refractivity (Wildman–Crippen MR) is 84.4 cm³/mol. The van der Waals surface area contributed by atoms with Crippen LogP contribution in [0.2, 0.25) is 0 Å². The number of anilines is 1. The average Bonchev–Trinajstić information content (AvgIpc) is 2.56. The van der Waals surface area contributed by atoms with Crippen LogP contribution in [-0.4, -0.2) is 37.4 Å². The van der Waals surface area contributed by atoms with Crippen LogP contribution < -0.4 is 10.2 Å². The molecule has 0 bridgehead atoms. The van der Waals surface area contributed by atoms with Gasteiger partial charge < -0.3 is 9.64 Å². The summed E-state index contributed by atoms with van der Waals surface area (Å²) in [6.45, 7) is 2.44. The van der Waals surface area contributed by atoms with Gasteiger partial charge in [-0.1, -0.05) is 6.07 Å². The second-order valence-electron chi connectivity index (χ2n) is 5.47. The summed E-state index contributed by atoms with van der Waals surface area (Å²) < 4.78 is 19.7. The molecular formula is C16H18FN5O. The number of rotatable bonds is 5. The third-order valence-corrected chi connectivity index (χ3v) is 3.77. The SMILES string of the molecule is CN1CCC(COc2c(F)cccc2NN=C(C#N)C#N)CC1. The lowest BCUT2D eigenvalue weighted by atomic mass is 9.98. The van der Waals surface area contributed by atoms with E-state index in [1.165, 1.54) is 12.1 Å². The van der Waals surface area contributed by atoms with E-state index in [0.29, 0.717) is 18.2 Å². The molecule has 0 atom stereocenters. The van der Waals surface area contributed by atoms with E-state index in [0.717, 1.165) is 25.9 Å². The third kappa shape index (κ3) is 4.67. The lowest BCUT2D eigenvalue weighted by molar-refractivity contribution is 0.157. The van der Waals surface area contributed by atoms with Crippen LogP contribution >= 0.6 is 0 Å². The molecule has 1 aliphatic rings. The van der Waals surface area contributed by atoms with E-state index in [4.69, 9.17) is 15.3 Å². The first-order valence-electron chi connectivity index (χ1n) is 7.37. The van der Waals surface area contributed by atoms with Crippen molar-refractivity contribution < 1.29 is 9.13 Å². The molecule has 120 valence electrons. The Balaban J connectivity index is 2.05. The standard InChI is InChI=1S/C16H18FN5O/c1-22-7-5-12(6-8-22)11-23-16-14(17)3-2-4-15(16)21-20-13(9-18)10-19/h2-4,12,21H,5-8,11H2,1H3. The molecule has 0 radical (unpaired) electrons. The lowest BCUT2D eigenvalue weighted by Crippen LogP contribution is -2.32. The van der Waals surface area contributed by atoms with E-state index < -0.39 is 5.82 Å². The van der Waals surface area contributed by atoms with Gasteiger partial charge in [-0.05, 0) is 51.0 Å². The Kier molecular flexibility index (Phi) is 5.90. The molecule has 1 aromatic rings. The van der Waals surface area contributed by atoms with Crippen LogP contribution in [0.3, 0.4) is 0 Å². The number of piperidine rings is 1. The first kappa shape index (κ1) is 16.7. The Hall–Kier alpha value is -2.64. The third-order valence-electron chi connectivity index (χ3n) is 3.77. The predicted octanol–water partition coefficient (Wildman–Crippen LogP) is 2.36. The molecule has 0 unspecified atom stereocenters. The Morgan fingerprint density at radius 2 is 2.09 bits per heavy atom. The highest BCUT2D eigenvalue weighted by atomic mass is 19.1. The van der Waals surface area contributed by atoms with Crippen molar-refractivity contribution in [2.24, 2.45) is 11.0 Å². The van der Waals surface area contributed by atoms with Crippen LogP contribution in [0.5, 0.6) is 5.75 Å².